The maximum absolute atomic E-state index is 15.3. The third kappa shape index (κ3) is 6.82. The molecule has 42 heavy (non-hydrogen) atoms. The number of carbonyl (C=O) groups excluding carboxylic acids is 1. The van der Waals surface area contributed by atoms with Crippen LogP contribution in [0.25, 0.3) is 0 Å². The predicted molar refractivity (Wildman–Crippen MR) is 136 cm³/mol. The topological polar surface area (TPSA) is 110 Å². The van der Waals surface area contributed by atoms with Crippen molar-refractivity contribution >= 4 is 17.6 Å². The van der Waals surface area contributed by atoms with E-state index in [0.717, 1.165) is 22.0 Å². The summed E-state index contributed by atoms with van der Waals surface area (Å²) in [5.41, 5.74) is -2.22. The highest BCUT2D eigenvalue weighted by molar-refractivity contribution is 6.03. The number of alkyl halides is 5. The van der Waals surface area contributed by atoms with E-state index in [4.69, 9.17) is 4.74 Å². The van der Waals surface area contributed by atoms with Crippen LogP contribution < -0.4 is 9.64 Å². The lowest BCUT2D eigenvalue weighted by Gasteiger charge is -2.34. The molecule has 0 unspecified atom stereocenters. The molecule has 1 saturated carbocycles. The summed E-state index contributed by atoms with van der Waals surface area (Å²) in [5.74, 6) is -6.79. The number of halogens is 6. The fourth-order valence-electron chi connectivity index (χ4n) is 4.92. The van der Waals surface area contributed by atoms with Crippen LogP contribution in [0.1, 0.15) is 61.0 Å². The summed E-state index contributed by atoms with van der Waals surface area (Å²) in [4.78, 5) is 31.5. The molecule has 0 saturated heterocycles. The summed E-state index contributed by atoms with van der Waals surface area (Å²) < 4.78 is 88.3. The number of carboxylic acid groups (broad SMARTS) is 1. The van der Waals surface area contributed by atoms with Crippen LogP contribution in [-0.4, -0.2) is 49.4 Å². The molecular formula is C27H27F6N5O4. The smallest absolute Gasteiger partial charge is 0.421 e. The van der Waals surface area contributed by atoms with Crippen LogP contribution in [0.15, 0.2) is 36.8 Å². The van der Waals surface area contributed by atoms with E-state index < -0.39 is 70.9 Å². The second-order valence-electron chi connectivity index (χ2n) is 10.2. The standard InChI is InChI=1S/C27H27F6N5O4/c1-14(2)38(25(39)17-5-3-16(4-6-17)23(29)30)21-11-20(28)22(10-18(21)26(40)41)42-24-19(27(31,32)33)9-15(12-34-24)13-37-35-7-8-36-37/h7-12,14,16-17,23H,3-6,13H2,1-2H3,(H,40,41)/t16-,17-. The Balaban J connectivity index is 1.67. The van der Waals surface area contributed by atoms with E-state index in [0.29, 0.717) is 12.1 Å². The number of hydrogen-bond acceptors (Lipinski definition) is 6. The minimum absolute atomic E-state index is 0.0709. The zero-order chi connectivity index (χ0) is 30.8. The SMILES string of the molecule is CC(C)N(c1cc(F)c(Oc2ncc(Cn3nccn3)cc2C(F)(F)F)cc1C(=O)O)C(=O)[C@H]1CC[C@H](C(F)F)CC1. The molecule has 0 spiro atoms. The van der Waals surface area contributed by atoms with Crippen LogP contribution in [0.3, 0.4) is 0 Å². The maximum atomic E-state index is 15.3. The predicted octanol–water partition coefficient (Wildman–Crippen LogP) is 6.18. The van der Waals surface area contributed by atoms with Crippen molar-refractivity contribution in [3.8, 4) is 11.6 Å². The van der Waals surface area contributed by atoms with E-state index in [1.54, 1.807) is 13.8 Å². The fraction of sp³-hybridized carbons (Fsp3) is 0.444. The Labute approximate surface area is 236 Å². The van der Waals surface area contributed by atoms with Gasteiger partial charge in [-0.25, -0.2) is 22.9 Å². The molecule has 1 N–H and O–H groups in total. The number of carboxylic acids is 1. The second-order valence-corrected chi connectivity index (χ2v) is 10.2. The van der Waals surface area contributed by atoms with Crippen LogP contribution in [0.5, 0.6) is 11.6 Å². The molecule has 9 nitrogen and oxygen atoms in total. The van der Waals surface area contributed by atoms with Crippen molar-refractivity contribution in [1.82, 2.24) is 20.0 Å². The summed E-state index contributed by atoms with van der Waals surface area (Å²) in [7, 11) is 0. The Morgan fingerprint density at radius 2 is 1.74 bits per heavy atom. The molecule has 15 heteroatoms. The molecule has 2 aromatic heterocycles. The normalized spacial score (nSPS) is 17.5. The zero-order valence-electron chi connectivity index (χ0n) is 22.5. The van der Waals surface area contributed by atoms with E-state index >= 15 is 4.39 Å². The van der Waals surface area contributed by atoms with E-state index in [-0.39, 0.29) is 43.5 Å². The quantitative estimate of drug-likeness (QED) is 0.293. The molecule has 2 heterocycles. The van der Waals surface area contributed by atoms with E-state index in [1.165, 1.54) is 12.4 Å². The number of aromatic carboxylic acids is 1. The molecule has 4 rings (SSSR count). The van der Waals surface area contributed by atoms with Crippen molar-refractivity contribution in [2.24, 2.45) is 11.8 Å². The lowest BCUT2D eigenvalue weighted by molar-refractivity contribution is -0.139. The molecule has 0 bridgehead atoms. The number of carbonyl (C=O) groups is 2. The summed E-state index contributed by atoms with van der Waals surface area (Å²) in [6.07, 6.45) is -3.21. The fourth-order valence-corrected chi connectivity index (χ4v) is 4.92. The van der Waals surface area contributed by atoms with Gasteiger partial charge in [-0.05, 0) is 51.2 Å². The first kappa shape index (κ1) is 30.8. The first-order valence-electron chi connectivity index (χ1n) is 13.0. The van der Waals surface area contributed by atoms with Gasteiger partial charge in [0.25, 0.3) is 0 Å². The average Bonchev–Trinajstić information content (AvgIpc) is 3.43. The highest BCUT2D eigenvalue weighted by Gasteiger charge is 2.38. The van der Waals surface area contributed by atoms with E-state index in [2.05, 4.69) is 15.2 Å². The molecule has 226 valence electrons. The lowest BCUT2D eigenvalue weighted by Crippen LogP contribution is -2.43. The van der Waals surface area contributed by atoms with Gasteiger partial charge in [-0.1, -0.05) is 0 Å². The number of nitrogens with zero attached hydrogens (tertiary/aromatic N) is 5. The van der Waals surface area contributed by atoms with Crippen molar-refractivity contribution in [2.75, 3.05) is 4.90 Å². The molecule has 1 aromatic carbocycles. The van der Waals surface area contributed by atoms with Crippen molar-refractivity contribution in [3.05, 3.63) is 59.3 Å². The maximum Gasteiger partial charge on any atom is 0.421 e. The Hall–Kier alpha value is -4.17. The first-order valence-corrected chi connectivity index (χ1v) is 13.0. The van der Waals surface area contributed by atoms with E-state index in [9.17, 15) is 36.6 Å². The first-order chi connectivity index (χ1) is 19.8. The molecule has 1 amide bonds. The van der Waals surface area contributed by atoms with Crippen LogP contribution in [0.2, 0.25) is 0 Å². The summed E-state index contributed by atoms with van der Waals surface area (Å²) in [6, 6.07) is 1.46. The molecule has 3 aromatic rings. The van der Waals surface area contributed by atoms with Crippen LogP contribution in [-0.2, 0) is 17.5 Å². The van der Waals surface area contributed by atoms with Gasteiger partial charge in [0, 0.05) is 36.2 Å². The Kier molecular flexibility index (Phi) is 9.06. The van der Waals surface area contributed by atoms with Gasteiger partial charge < -0.3 is 14.7 Å². The third-order valence-electron chi connectivity index (χ3n) is 6.98. The molecule has 0 aliphatic heterocycles. The molecule has 1 fully saturated rings. The highest BCUT2D eigenvalue weighted by Crippen LogP contribution is 2.40. The van der Waals surface area contributed by atoms with Gasteiger partial charge in [0.15, 0.2) is 11.6 Å². The number of anilines is 1. The number of rotatable bonds is 9. The number of hydrogen-bond donors (Lipinski definition) is 1. The van der Waals surface area contributed by atoms with Crippen molar-refractivity contribution < 1.29 is 45.8 Å². The number of aromatic nitrogens is 4. The van der Waals surface area contributed by atoms with Crippen molar-refractivity contribution in [3.63, 3.8) is 0 Å². The van der Waals surface area contributed by atoms with Gasteiger partial charge in [-0.15, -0.1) is 0 Å². The minimum atomic E-state index is -4.97. The molecular weight excluding hydrogens is 572 g/mol. The number of benzene rings is 1. The molecule has 1 aliphatic carbocycles. The van der Waals surface area contributed by atoms with Crippen LogP contribution in [0.4, 0.5) is 32.0 Å². The minimum Gasteiger partial charge on any atom is -0.478 e. The van der Waals surface area contributed by atoms with Gasteiger partial charge in [-0.2, -0.15) is 28.2 Å². The molecule has 0 atom stereocenters. The number of pyridine rings is 1. The number of amides is 1. The molecule has 1 aliphatic rings. The Morgan fingerprint density at radius 3 is 2.29 bits per heavy atom. The van der Waals surface area contributed by atoms with Crippen molar-refractivity contribution in [1.29, 1.82) is 0 Å². The van der Waals surface area contributed by atoms with Gasteiger partial charge in [0.1, 0.15) is 5.56 Å². The van der Waals surface area contributed by atoms with E-state index in [1.807, 2.05) is 0 Å². The van der Waals surface area contributed by atoms with Gasteiger partial charge >= 0.3 is 12.1 Å². The largest absolute Gasteiger partial charge is 0.478 e. The second kappa shape index (κ2) is 12.4. The summed E-state index contributed by atoms with van der Waals surface area (Å²) in [6.45, 7) is 2.99. The van der Waals surface area contributed by atoms with Crippen molar-refractivity contribution in [2.45, 2.75) is 64.7 Å². The third-order valence-corrected chi connectivity index (χ3v) is 6.98. The van der Waals surface area contributed by atoms with Gasteiger partial charge in [0.2, 0.25) is 18.2 Å². The summed E-state index contributed by atoms with van der Waals surface area (Å²) in [5, 5.41) is 17.5. The van der Waals surface area contributed by atoms with Crippen LogP contribution >= 0.6 is 0 Å². The van der Waals surface area contributed by atoms with Gasteiger partial charge in [-0.3, -0.25) is 4.79 Å². The zero-order valence-corrected chi connectivity index (χ0v) is 22.5. The Morgan fingerprint density at radius 1 is 1.10 bits per heavy atom. The summed E-state index contributed by atoms with van der Waals surface area (Å²) >= 11 is 0. The average molecular weight is 600 g/mol. The molecule has 0 radical (unpaired) electrons. The monoisotopic (exact) mass is 599 g/mol. The Bertz CT molecular complexity index is 1420. The van der Waals surface area contributed by atoms with Gasteiger partial charge in [0.05, 0.1) is 30.2 Å². The lowest BCUT2D eigenvalue weighted by atomic mass is 9.81. The highest BCUT2D eigenvalue weighted by atomic mass is 19.4. The van der Waals surface area contributed by atoms with Crippen LogP contribution in [0, 0.1) is 17.7 Å². The number of ether oxygens (including phenoxy) is 1.